The second-order valence-electron chi connectivity index (χ2n) is 6.77. The maximum Gasteiger partial charge on any atom is 0.460 e. The van der Waals surface area contributed by atoms with Crippen LogP contribution in [0.1, 0.15) is 32.3 Å². The van der Waals surface area contributed by atoms with Crippen LogP contribution < -0.4 is 4.57 Å². The van der Waals surface area contributed by atoms with Crippen LogP contribution in [0.5, 0.6) is 0 Å². The third-order valence-electron chi connectivity index (χ3n) is 3.63. The SMILES string of the molecule is Cc1ccc[n+](CCCC(C)C)c1.O=S(=O)([O-])C(F)(F)C(F)(F)C(F)(F)C(F)(F)F. The summed E-state index contributed by atoms with van der Waals surface area (Å²) in [5.74, 6) is -14.0. The molecule has 1 heterocycles. The van der Waals surface area contributed by atoms with Gasteiger partial charge in [0, 0.05) is 18.1 Å². The molecule has 0 aromatic carbocycles. The van der Waals surface area contributed by atoms with Gasteiger partial charge in [0.1, 0.15) is 6.54 Å². The van der Waals surface area contributed by atoms with Gasteiger partial charge in [-0.3, -0.25) is 0 Å². The summed E-state index contributed by atoms with van der Waals surface area (Å²) < 4.78 is 138. The Labute approximate surface area is 167 Å². The van der Waals surface area contributed by atoms with Gasteiger partial charge in [0.05, 0.1) is 0 Å². The molecule has 30 heavy (non-hydrogen) atoms. The van der Waals surface area contributed by atoms with E-state index in [9.17, 15) is 52.5 Å². The normalized spacial score (nSPS) is 13.8. The molecule has 0 bridgehead atoms. The Morgan fingerprint density at radius 3 is 1.87 bits per heavy atom. The predicted octanol–water partition coefficient (Wildman–Crippen LogP) is 4.68. The van der Waals surface area contributed by atoms with Crippen molar-refractivity contribution in [2.24, 2.45) is 5.92 Å². The first-order valence-electron chi connectivity index (χ1n) is 8.29. The van der Waals surface area contributed by atoms with Gasteiger partial charge < -0.3 is 4.55 Å². The van der Waals surface area contributed by atoms with Crippen molar-refractivity contribution in [2.45, 2.75) is 63.4 Å². The smallest absolute Gasteiger partial charge is 0.460 e. The third kappa shape index (κ3) is 6.72. The summed E-state index contributed by atoms with van der Waals surface area (Å²) in [6, 6.07) is 4.25. The molecular formula is C16H20F9NO3S. The molecule has 0 fully saturated rings. The van der Waals surface area contributed by atoms with E-state index in [1.54, 1.807) is 0 Å². The summed E-state index contributed by atoms with van der Waals surface area (Å²) in [4.78, 5) is 0. The van der Waals surface area contributed by atoms with Crippen molar-refractivity contribution in [2.75, 3.05) is 0 Å². The van der Waals surface area contributed by atoms with Crippen LogP contribution in [0.3, 0.4) is 0 Å². The first kappa shape index (κ1) is 28.4. The van der Waals surface area contributed by atoms with E-state index in [1.165, 1.54) is 18.4 Å². The fraction of sp³-hybridized carbons (Fsp3) is 0.688. The number of halogens is 9. The lowest BCUT2D eigenvalue weighted by molar-refractivity contribution is -0.697. The summed E-state index contributed by atoms with van der Waals surface area (Å²) in [5.41, 5.74) is 1.34. The van der Waals surface area contributed by atoms with E-state index in [-0.39, 0.29) is 0 Å². The minimum Gasteiger partial charge on any atom is -0.743 e. The Bertz CT molecular complexity index is 793. The molecule has 1 rings (SSSR count). The van der Waals surface area contributed by atoms with Gasteiger partial charge in [-0.05, 0) is 25.3 Å². The summed E-state index contributed by atoms with van der Waals surface area (Å²) in [6.07, 6.45) is -0.203. The number of rotatable bonds is 7. The Kier molecular flexibility index (Phi) is 9.20. The molecule has 4 nitrogen and oxygen atoms in total. The molecule has 176 valence electrons. The minimum absolute atomic E-state index is 0.824. The molecule has 0 saturated heterocycles. The van der Waals surface area contributed by atoms with Crippen molar-refractivity contribution >= 4 is 10.1 Å². The van der Waals surface area contributed by atoms with Crippen molar-refractivity contribution in [1.82, 2.24) is 0 Å². The van der Waals surface area contributed by atoms with Crippen molar-refractivity contribution in [3.8, 4) is 0 Å². The zero-order valence-corrected chi connectivity index (χ0v) is 16.8. The largest absolute Gasteiger partial charge is 0.743 e. The van der Waals surface area contributed by atoms with Crippen molar-refractivity contribution in [1.29, 1.82) is 0 Å². The van der Waals surface area contributed by atoms with Gasteiger partial charge in [-0.1, -0.05) is 13.8 Å². The highest BCUT2D eigenvalue weighted by Gasteiger charge is 2.83. The van der Waals surface area contributed by atoms with E-state index in [0.717, 1.165) is 12.5 Å². The fourth-order valence-electron chi connectivity index (χ4n) is 1.99. The average molecular weight is 477 g/mol. The summed E-state index contributed by atoms with van der Waals surface area (Å²) in [6.45, 7) is 7.85. The van der Waals surface area contributed by atoms with E-state index in [2.05, 4.69) is 49.9 Å². The number of aryl methyl sites for hydroxylation is 2. The minimum atomic E-state index is -7.43. The topological polar surface area (TPSA) is 61.1 Å². The average Bonchev–Trinajstić information content (AvgIpc) is 2.52. The lowest BCUT2D eigenvalue weighted by atomic mass is 10.1. The van der Waals surface area contributed by atoms with Crippen LogP contribution in [0, 0.1) is 12.8 Å². The van der Waals surface area contributed by atoms with Gasteiger partial charge in [0.25, 0.3) is 0 Å². The maximum atomic E-state index is 12.2. The number of alkyl halides is 9. The molecule has 0 saturated carbocycles. The van der Waals surface area contributed by atoms with Crippen LogP contribution in [-0.2, 0) is 16.7 Å². The number of hydrogen-bond acceptors (Lipinski definition) is 3. The third-order valence-corrected chi connectivity index (χ3v) is 4.52. The van der Waals surface area contributed by atoms with Crippen molar-refractivity contribution in [3.63, 3.8) is 0 Å². The second kappa shape index (κ2) is 9.71. The molecule has 0 aliphatic rings. The van der Waals surface area contributed by atoms with Crippen LogP contribution in [0.4, 0.5) is 39.5 Å². The van der Waals surface area contributed by atoms with E-state index in [0.29, 0.717) is 0 Å². The zero-order chi connectivity index (χ0) is 24.2. The highest BCUT2D eigenvalue weighted by Crippen LogP contribution is 2.54. The van der Waals surface area contributed by atoms with Gasteiger partial charge in [0.2, 0.25) is 0 Å². The molecule has 0 radical (unpaired) electrons. The van der Waals surface area contributed by atoms with Gasteiger partial charge in [0.15, 0.2) is 22.5 Å². The Hall–Kier alpha value is -1.57. The molecular weight excluding hydrogens is 457 g/mol. The van der Waals surface area contributed by atoms with Crippen LogP contribution in [0.15, 0.2) is 24.5 Å². The lowest BCUT2D eigenvalue weighted by Crippen LogP contribution is -2.63. The van der Waals surface area contributed by atoms with Crippen LogP contribution in [0.25, 0.3) is 0 Å². The molecule has 0 atom stereocenters. The summed E-state index contributed by atoms with van der Waals surface area (Å²) in [5, 5.41) is -7.11. The molecule has 1 aromatic rings. The lowest BCUT2D eigenvalue weighted by Gasteiger charge is -2.34. The van der Waals surface area contributed by atoms with Gasteiger partial charge in [-0.2, -0.15) is 39.5 Å². The van der Waals surface area contributed by atoms with E-state index in [4.69, 9.17) is 0 Å². The van der Waals surface area contributed by atoms with E-state index in [1.807, 2.05) is 0 Å². The molecule has 0 N–H and O–H groups in total. The molecule has 0 spiro atoms. The van der Waals surface area contributed by atoms with E-state index >= 15 is 0 Å². The Balaban J connectivity index is 0.000000579. The molecule has 0 aliphatic carbocycles. The van der Waals surface area contributed by atoms with Crippen LogP contribution in [0.2, 0.25) is 0 Å². The fourth-order valence-corrected chi connectivity index (χ4v) is 2.43. The number of nitrogens with zero attached hydrogens (tertiary/aromatic N) is 1. The number of aromatic nitrogens is 1. The highest BCUT2D eigenvalue weighted by molar-refractivity contribution is 7.86. The monoisotopic (exact) mass is 477 g/mol. The van der Waals surface area contributed by atoms with Crippen molar-refractivity contribution in [3.05, 3.63) is 30.1 Å². The zero-order valence-electron chi connectivity index (χ0n) is 16.0. The summed E-state index contributed by atoms with van der Waals surface area (Å²) >= 11 is 0. The standard InChI is InChI=1S/C12H20N.C4HF9O3S/c1-11(2)6-4-8-13-9-5-7-12(3)10-13;5-1(6,3(9,10)11)2(7,8)4(12,13)17(14,15)16/h5,7,9-11H,4,6,8H2,1-3H3;(H,14,15,16)/q+1;/p-1. The highest BCUT2D eigenvalue weighted by atomic mass is 32.2. The van der Waals surface area contributed by atoms with Gasteiger partial charge >= 0.3 is 23.3 Å². The van der Waals surface area contributed by atoms with Crippen LogP contribution >= 0.6 is 0 Å². The quantitative estimate of drug-likeness (QED) is 0.326. The first-order valence-corrected chi connectivity index (χ1v) is 9.70. The molecule has 0 unspecified atom stereocenters. The molecule has 0 aliphatic heterocycles. The first-order chi connectivity index (χ1) is 13.2. The van der Waals surface area contributed by atoms with Gasteiger partial charge in [-0.25, -0.2) is 13.0 Å². The maximum absolute atomic E-state index is 12.2. The number of pyridine rings is 1. The molecule has 14 heteroatoms. The molecule has 1 aromatic heterocycles. The molecule has 0 amide bonds. The second-order valence-corrected chi connectivity index (χ2v) is 8.19. The van der Waals surface area contributed by atoms with Crippen molar-refractivity contribution < 1.29 is 57.1 Å². The summed E-state index contributed by atoms with van der Waals surface area (Å²) in [7, 11) is -7.42. The van der Waals surface area contributed by atoms with Crippen LogP contribution in [-0.4, -0.2) is 36.2 Å². The number of hydrogen-bond donors (Lipinski definition) is 0. The Morgan fingerprint density at radius 1 is 1.00 bits per heavy atom. The predicted molar refractivity (Wildman–Crippen MR) is 86.0 cm³/mol. The van der Waals surface area contributed by atoms with E-state index < -0.39 is 33.4 Å². The Morgan fingerprint density at radius 2 is 1.50 bits per heavy atom. The van der Waals surface area contributed by atoms with Gasteiger partial charge in [-0.15, -0.1) is 0 Å².